The fraction of sp³-hybridized carbons (Fsp3) is 0.278. The third-order valence-electron chi connectivity index (χ3n) is 3.76. The van der Waals surface area contributed by atoms with E-state index in [1.165, 1.54) is 14.0 Å². The van der Waals surface area contributed by atoms with Crippen LogP contribution in [0.5, 0.6) is 5.75 Å². The molecule has 1 aromatic carbocycles. The molecule has 0 saturated heterocycles. The van der Waals surface area contributed by atoms with Gasteiger partial charge >= 0.3 is 0 Å². The lowest BCUT2D eigenvalue weighted by Gasteiger charge is -2.09. The number of H-pyrrole nitrogens is 1. The Morgan fingerprint density at radius 1 is 1.20 bits per heavy atom. The first kappa shape index (κ1) is 18.3. The second kappa shape index (κ2) is 7.65. The van der Waals surface area contributed by atoms with Crippen LogP contribution in [-0.2, 0) is 4.79 Å². The molecule has 1 heterocycles. The Morgan fingerprint density at radius 2 is 1.92 bits per heavy atom. The molecule has 0 fully saturated rings. The number of aromatic amines is 1. The van der Waals surface area contributed by atoms with Gasteiger partial charge in [-0.3, -0.25) is 14.4 Å². The van der Waals surface area contributed by atoms with E-state index in [-0.39, 0.29) is 24.2 Å². The van der Waals surface area contributed by atoms with Crippen LogP contribution in [0, 0.1) is 13.8 Å². The second-order valence-corrected chi connectivity index (χ2v) is 5.62. The predicted octanol–water partition coefficient (Wildman–Crippen LogP) is 2.21. The third-order valence-corrected chi connectivity index (χ3v) is 3.76. The van der Waals surface area contributed by atoms with Gasteiger partial charge in [0.05, 0.1) is 0 Å². The van der Waals surface area contributed by atoms with Crippen molar-refractivity contribution < 1.29 is 19.1 Å². The number of benzene rings is 1. The second-order valence-electron chi connectivity index (χ2n) is 5.62. The van der Waals surface area contributed by atoms with Crippen LogP contribution in [0.1, 0.15) is 39.0 Å². The summed E-state index contributed by atoms with van der Waals surface area (Å²) in [5.74, 6) is -0.222. The number of likely N-dealkylation sites (N-methyl/N-ethyl adjacent to an activating group) is 1. The van der Waals surface area contributed by atoms with E-state index in [0.717, 1.165) is 0 Å². The number of aryl methyl sites for hydroxylation is 1. The summed E-state index contributed by atoms with van der Waals surface area (Å²) in [6.45, 7) is 4.86. The van der Waals surface area contributed by atoms with Gasteiger partial charge in [0.1, 0.15) is 11.4 Å². The molecule has 132 valence electrons. The monoisotopic (exact) mass is 343 g/mol. The van der Waals surface area contributed by atoms with E-state index in [1.807, 2.05) is 0 Å². The Kier molecular flexibility index (Phi) is 5.59. The highest BCUT2D eigenvalue weighted by atomic mass is 16.5. The highest BCUT2D eigenvalue weighted by molar-refractivity contribution is 6.07. The number of ketones is 1. The lowest BCUT2D eigenvalue weighted by atomic mass is 10.1. The van der Waals surface area contributed by atoms with Gasteiger partial charge in [-0.1, -0.05) is 6.07 Å². The Balaban J connectivity index is 2.15. The largest absolute Gasteiger partial charge is 0.484 e. The van der Waals surface area contributed by atoms with Gasteiger partial charge in [0.15, 0.2) is 12.4 Å². The number of nitrogens with one attached hydrogen (secondary N) is 3. The van der Waals surface area contributed by atoms with Crippen molar-refractivity contribution in [1.82, 2.24) is 10.3 Å². The summed E-state index contributed by atoms with van der Waals surface area (Å²) in [5.41, 5.74) is 2.69. The van der Waals surface area contributed by atoms with Gasteiger partial charge in [0.2, 0.25) is 0 Å². The first-order valence-electron chi connectivity index (χ1n) is 7.78. The number of carbonyl (C=O) groups excluding carboxylic acids is 3. The Hall–Kier alpha value is -3.09. The maximum absolute atomic E-state index is 12.5. The molecule has 0 aliphatic carbocycles. The number of anilines is 1. The molecule has 0 aliphatic heterocycles. The van der Waals surface area contributed by atoms with Gasteiger partial charge in [-0.2, -0.15) is 0 Å². The van der Waals surface area contributed by atoms with Crippen LogP contribution in [0.2, 0.25) is 0 Å². The van der Waals surface area contributed by atoms with E-state index in [0.29, 0.717) is 34.0 Å². The molecular weight excluding hydrogens is 322 g/mol. The highest BCUT2D eigenvalue weighted by Crippen LogP contribution is 2.21. The van der Waals surface area contributed by atoms with Gasteiger partial charge in [-0.25, -0.2) is 0 Å². The van der Waals surface area contributed by atoms with E-state index >= 15 is 0 Å². The quantitative estimate of drug-likeness (QED) is 0.700. The summed E-state index contributed by atoms with van der Waals surface area (Å²) < 4.78 is 5.35. The van der Waals surface area contributed by atoms with E-state index in [1.54, 1.807) is 38.1 Å². The third kappa shape index (κ3) is 4.26. The van der Waals surface area contributed by atoms with Crippen LogP contribution >= 0.6 is 0 Å². The molecule has 0 radical (unpaired) electrons. The molecule has 0 saturated carbocycles. The van der Waals surface area contributed by atoms with Crippen molar-refractivity contribution in [2.45, 2.75) is 20.8 Å². The SMILES string of the molecule is CNC(=O)COc1cccc(NC(=O)c2[nH]c(C)c(C(C)=O)c2C)c1. The predicted molar refractivity (Wildman–Crippen MR) is 94.2 cm³/mol. The number of aromatic nitrogens is 1. The number of ether oxygens (including phenoxy) is 1. The summed E-state index contributed by atoms with van der Waals surface area (Å²) >= 11 is 0. The number of rotatable bonds is 6. The zero-order chi connectivity index (χ0) is 18.6. The summed E-state index contributed by atoms with van der Waals surface area (Å²) in [6.07, 6.45) is 0. The minimum atomic E-state index is -0.350. The first-order chi connectivity index (χ1) is 11.8. The molecule has 0 spiro atoms. The molecule has 3 N–H and O–H groups in total. The average Bonchev–Trinajstić information content (AvgIpc) is 2.87. The number of amides is 2. The van der Waals surface area contributed by atoms with Crippen LogP contribution in [0.3, 0.4) is 0 Å². The first-order valence-corrected chi connectivity index (χ1v) is 7.78. The molecule has 2 amide bonds. The summed E-state index contributed by atoms with van der Waals surface area (Å²) in [5, 5.41) is 5.22. The summed E-state index contributed by atoms with van der Waals surface area (Å²) in [7, 11) is 1.53. The molecule has 7 nitrogen and oxygen atoms in total. The van der Waals surface area contributed by atoms with Crippen molar-refractivity contribution in [1.29, 1.82) is 0 Å². The van der Waals surface area contributed by atoms with Crippen molar-refractivity contribution in [3.63, 3.8) is 0 Å². The maximum Gasteiger partial charge on any atom is 0.272 e. The van der Waals surface area contributed by atoms with E-state index in [2.05, 4.69) is 15.6 Å². The Labute approximate surface area is 145 Å². The minimum Gasteiger partial charge on any atom is -0.484 e. The number of carbonyl (C=O) groups is 3. The van der Waals surface area contributed by atoms with E-state index in [9.17, 15) is 14.4 Å². The molecule has 0 aliphatic rings. The van der Waals surface area contributed by atoms with Gasteiger partial charge in [-0.15, -0.1) is 0 Å². The molecule has 7 heteroatoms. The van der Waals surface area contributed by atoms with Crippen molar-refractivity contribution in [3.8, 4) is 5.75 Å². The smallest absolute Gasteiger partial charge is 0.272 e. The van der Waals surface area contributed by atoms with Crippen molar-refractivity contribution in [2.24, 2.45) is 0 Å². The van der Waals surface area contributed by atoms with E-state index < -0.39 is 0 Å². The molecule has 0 atom stereocenters. The molecule has 2 rings (SSSR count). The van der Waals surface area contributed by atoms with Crippen molar-refractivity contribution in [2.75, 3.05) is 19.0 Å². The minimum absolute atomic E-state index is 0.0881. The summed E-state index contributed by atoms with van der Waals surface area (Å²) in [6, 6.07) is 6.73. The zero-order valence-electron chi connectivity index (χ0n) is 14.6. The van der Waals surface area contributed by atoms with Gasteiger partial charge in [-0.05, 0) is 38.5 Å². The average molecular weight is 343 g/mol. The molecule has 2 aromatic rings. The van der Waals surface area contributed by atoms with Crippen LogP contribution in [0.15, 0.2) is 24.3 Å². The topological polar surface area (TPSA) is 100 Å². The van der Waals surface area contributed by atoms with Crippen LogP contribution in [-0.4, -0.2) is 36.2 Å². The van der Waals surface area contributed by atoms with Gasteiger partial charge in [0.25, 0.3) is 11.8 Å². The Morgan fingerprint density at radius 3 is 2.52 bits per heavy atom. The molecular formula is C18H21N3O4. The maximum atomic E-state index is 12.5. The molecule has 25 heavy (non-hydrogen) atoms. The fourth-order valence-corrected chi connectivity index (χ4v) is 2.58. The van der Waals surface area contributed by atoms with Gasteiger partial charge in [0, 0.05) is 30.1 Å². The zero-order valence-corrected chi connectivity index (χ0v) is 14.6. The number of hydrogen-bond donors (Lipinski definition) is 3. The highest BCUT2D eigenvalue weighted by Gasteiger charge is 2.19. The lowest BCUT2D eigenvalue weighted by molar-refractivity contribution is -0.122. The fourth-order valence-electron chi connectivity index (χ4n) is 2.58. The van der Waals surface area contributed by atoms with Crippen LogP contribution in [0.4, 0.5) is 5.69 Å². The van der Waals surface area contributed by atoms with Crippen LogP contribution in [0.25, 0.3) is 0 Å². The molecule has 0 unspecified atom stereocenters. The molecule has 0 bridgehead atoms. The summed E-state index contributed by atoms with van der Waals surface area (Å²) in [4.78, 5) is 38.3. The molecule has 1 aromatic heterocycles. The van der Waals surface area contributed by atoms with Gasteiger partial charge < -0.3 is 20.4 Å². The number of Topliss-reactive ketones (excluding diaryl/α,β-unsaturated/α-hetero) is 1. The van der Waals surface area contributed by atoms with Crippen LogP contribution < -0.4 is 15.4 Å². The number of hydrogen-bond acceptors (Lipinski definition) is 4. The lowest BCUT2D eigenvalue weighted by Crippen LogP contribution is -2.24. The van der Waals surface area contributed by atoms with Crippen molar-refractivity contribution in [3.05, 3.63) is 46.8 Å². The van der Waals surface area contributed by atoms with Crippen molar-refractivity contribution >= 4 is 23.3 Å². The normalized spacial score (nSPS) is 10.2. The standard InChI is InChI=1S/C18H21N3O4/c1-10-16(12(3)22)11(2)20-17(10)18(24)21-13-6-5-7-14(8-13)25-9-15(23)19-4/h5-8,20H,9H2,1-4H3,(H,19,23)(H,21,24). The van der Waals surface area contributed by atoms with E-state index in [4.69, 9.17) is 4.74 Å². The Bertz CT molecular complexity index is 824.